The smallest absolute Gasteiger partial charge is 0.317 e. The molecule has 1 heterocycles. The van der Waals surface area contributed by atoms with E-state index in [0.717, 1.165) is 32.4 Å². The van der Waals surface area contributed by atoms with Gasteiger partial charge in [0.05, 0.1) is 6.54 Å². The van der Waals surface area contributed by atoms with Gasteiger partial charge in [0.15, 0.2) is 0 Å². The number of hydrogen-bond donors (Lipinski definition) is 1. The monoisotopic (exact) mass is 278 g/mol. The van der Waals surface area contributed by atoms with Crippen molar-refractivity contribution in [2.75, 3.05) is 32.7 Å². The second kappa shape index (κ2) is 5.56. The lowest BCUT2D eigenvalue weighted by Crippen LogP contribution is -2.40. The van der Waals surface area contributed by atoms with E-state index < -0.39 is 5.97 Å². The molecule has 0 spiro atoms. The minimum Gasteiger partial charge on any atom is -0.480 e. The highest BCUT2D eigenvalue weighted by atomic mass is 16.4. The Morgan fingerprint density at radius 3 is 2.60 bits per heavy atom. The molecule has 3 rings (SSSR count). The standard InChI is InChI=1S/C15H22N2O3/c18-14(19)10-16-4-1-5-17(7-6-16)15(20)13-9-11-2-3-12(13)8-11/h2-3,11-13H,1,4-10H2,(H,18,19). The van der Waals surface area contributed by atoms with Gasteiger partial charge >= 0.3 is 5.97 Å². The largest absolute Gasteiger partial charge is 0.480 e. The van der Waals surface area contributed by atoms with Gasteiger partial charge in [-0.3, -0.25) is 14.5 Å². The van der Waals surface area contributed by atoms with Crippen molar-refractivity contribution in [3.8, 4) is 0 Å². The van der Waals surface area contributed by atoms with E-state index in [9.17, 15) is 9.59 Å². The second-order valence-corrected chi connectivity index (χ2v) is 6.24. The Balaban J connectivity index is 1.56. The fourth-order valence-electron chi connectivity index (χ4n) is 3.84. The molecule has 3 atom stereocenters. The number of allylic oxidation sites excluding steroid dienone is 2. The van der Waals surface area contributed by atoms with Crippen molar-refractivity contribution in [1.82, 2.24) is 9.80 Å². The van der Waals surface area contributed by atoms with Gasteiger partial charge in [0.25, 0.3) is 0 Å². The van der Waals surface area contributed by atoms with Gasteiger partial charge in [-0.05, 0) is 31.1 Å². The predicted molar refractivity (Wildman–Crippen MR) is 74.1 cm³/mol. The molecule has 3 unspecified atom stereocenters. The Morgan fingerprint density at radius 2 is 1.95 bits per heavy atom. The molecule has 1 aliphatic heterocycles. The van der Waals surface area contributed by atoms with Gasteiger partial charge in [-0.25, -0.2) is 0 Å². The number of carbonyl (C=O) groups is 2. The SMILES string of the molecule is O=C(O)CN1CCCN(C(=O)C2CC3C=CC2C3)CC1. The summed E-state index contributed by atoms with van der Waals surface area (Å²) < 4.78 is 0. The van der Waals surface area contributed by atoms with Crippen LogP contribution in [-0.2, 0) is 9.59 Å². The number of amides is 1. The summed E-state index contributed by atoms with van der Waals surface area (Å²) in [6.45, 7) is 2.97. The lowest BCUT2D eigenvalue weighted by atomic mass is 9.92. The van der Waals surface area contributed by atoms with Gasteiger partial charge < -0.3 is 10.0 Å². The summed E-state index contributed by atoms with van der Waals surface area (Å²) in [5, 5.41) is 8.85. The highest BCUT2D eigenvalue weighted by Crippen LogP contribution is 2.44. The molecule has 1 saturated heterocycles. The van der Waals surface area contributed by atoms with Crippen LogP contribution in [0.25, 0.3) is 0 Å². The van der Waals surface area contributed by atoms with Crippen LogP contribution >= 0.6 is 0 Å². The number of carboxylic acids is 1. The van der Waals surface area contributed by atoms with Crippen molar-refractivity contribution in [1.29, 1.82) is 0 Å². The molecule has 3 aliphatic rings. The van der Waals surface area contributed by atoms with Gasteiger partial charge in [0.1, 0.15) is 0 Å². The Hall–Kier alpha value is -1.36. The zero-order valence-electron chi connectivity index (χ0n) is 11.7. The minimum absolute atomic E-state index is 0.0822. The van der Waals surface area contributed by atoms with Crippen molar-refractivity contribution in [2.24, 2.45) is 17.8 Å². The third-order valence-electron chi connectivity index (χ3n) is 4.86. The van der Waals surface area contributed by atoms with E-state index in [1.165, 1.54) is 0 Å². The van der Waals surface area contributed by atoms with E-state index in [2.05, 4.69) is 12.2 Å². The Bertz CT molecular complexity index is 435. The molecule has 1 N–H and O–H groups in total. The zero-order chi connectivity index (χ0) is 14.1. The molecule has 1 saturated carbocycles. The molecule has 0 aromatic rings. The molecule has 2 aliphatic carbocycles. The van der Waals surface area contributed by atoms with Crippen LogP contribution in [0.2, 0.25) is 0 Å². The molecule has 2 fully saturated rings. The van der Waals surface area contributed by atoms with Crippen molar-refractivity contribution >= 4 is 11.9 Å². The quantitative estimate of drug-likeness (QED) is 0.776. The van der Waals surface area contributed by atoms with Gasteiger partial charge in [0.2, 0.25) is 5.91 Å². The van der Waals surface area contributed by atoms with Crippen LogP contribution in [0.4, 0.5) is 0 Å². The second-order valence-electron chi connectivity index (χ2n) is 6.24. The first-order valence-electron chi connectivity index (χ1n) is 7.55. The summed E-state index contributed by atoms with van der Waals surface area (Å²) in [6, 6.07) is 0. The number of carbonyl (C=O) groups excluding carboxylic acids is 1. The summed E-state index contributed by atoms with van der Waals surface area (Å²) >= 11 is 0. The maximum atomic E-state index is 12.6. The molecule has 5 nitrogen and oxygen atoms in total. The molecule has 110 valence electrons. The van der Waals surface area contributed by atoms with E-state index in [0.29, 0.717) is 30.8 Å². The zero-order valence-corrected chi connectivity index (χ0v) is 11.7. The maximum absolute atomic E-state index is 12.6. The number of carboxylic acid groups (broad SMARTS) is 1. The Labute approximate surface area is 119 Å². The number of fused-ring (bicyclic) bond motifs is 2. The first-order valence-corrected chi connectivity index (χ1v) is 7.55. The van der Waals surface area contributed by atoms with E-state index >= 15 is 0 Å². The maximum Gasteiger partial charge on any atom is 0.317 e. The summed E-state index contributed by atoms with van der Waals surface area (Å²) in [4.78, 5) is 27.3. The first-order chi connectivity index (χ1) is 9.63. The fraction of sp³-hybridized carbons (Fsp3) is 0.733. The van der Waals surface area contributed by atoms with Crippen LogP contribution < -0.4 is 0 Å². The number of hydrogen-bond acceptors (Lipinski definition) is 3. The van der Waals surface area contributed by atoms with Crippen LogP contribution in [0.1, 0.15) is 19.3 Å². The highest BCUT2D eigenvalue weighted by Gasteiger charge is 2.41. The third-order valence-corrected chi connectivity index (χ3v) is 4.86. The molecular formula is C15H22N2O3. The average molecular weight is 278 g/mol. The van der Waals surface area contributed by atoms with Gasteiger partial charge in [-0.2, -0.15) is 0 Å². The molecular weight excluding hydrogens is 256 g/mol. The van der Waals surface area contributed by atoms with Crippen LogP contribution in [0.3, 0.4) is 0 Å². The molecule has 5 heteroatoms. The van der Waals surface area contributed by atoms with Crippen molar-refractivity contribution in [3.63, 3.8) is 0 Å². The highest BCUT2D eigenvalue weighted by molar-refractivity contribution is 5.80. The van der Waals surface area contributed by atoms with E-state index in [4.69, 9.17) is 5.11 Å². The van der Waals surface area contributed by atoms with Crippen LogP contribution in [0.15, 0.2) is 12.2 Å². The fourth-order valence-corrected chi connectivity index (χ4v) is 3.84. The van der Waals surface area contributed by atoms with E-state index in [-0.39, 0.29) is 12.5 Å². The van der Waals surface area contributed by atoms with E-state index in [1.54, 1.807) is 0 Å². The van der Waals surface area contributed by atoms with Crippen molar-refractivity contribution in [2.45, 2.75) is 19.3 Å². The number of rotatable bonds is 3. The molecule has 2 bridgehead atoms. The lowest BCUT2D eigenvalue weighted by molar-refractivity contribution is -0.138. The van der Waals surface area contributed by atoms with Crippen molar-refractivity contribution < 1.29 is 14.7 Å². The van der Waals surface area contributed by atoms with Gasteiger partial charge in [-0.15, -0.1) is 0 Å². The average Bonchev–Trinajstić information content (AvgIpc) is 2.96. The lowest BCUT2D eigenvalue weighted by Gasteiger charge is -2.27. The van der Waals surface area contributed by atoms with Crippen LogP contribution in [0.5, 0.6) is 0 Å². The summed E-state index contributed by atoms with van der Waals surface area (Å²) in [6.07, 6.45) is 7.50. The summed E-state index contributed by atoms with van der Waals surface area (Å²) in [5.41, 5.74) is 0. The molecule has 0 aromatic carbocycles. The Morgan fingerprint density at radius 1 is 1.10 bits per heavy atom. The molecule has 0 radical (unpaired) electrons. The number of aliphatic carboxylic acids is 1. The van der Waals surface area contributed by atoms with Crippen LogP contribution in [0, 0.1) is 17.8 Å². The normalized spacial score (nSPS) is 33.4. The van der Waals surface area contributed by atoms with Crippen molar-refractivity contribution in [3.05, 3.63) is 12.2 Å². The van der Waals surface area contributed by atoms with Gasteiger partial charge in [0, 0.05) is 32.1 Å². The van der Waals surface area contributed by atoms with Crippen LogP contribution in [-0.4, -0.2) is 59.5 Å². The molecule has 20 heavy (non-hydrogen) atoms. The summed E-state index contributed by atoms with van der Waals surface area (Å²) in [7, 11) is 0. The molecule has 0 aromatic heterocycles. The molecule has 1 amide bonds. The van der Waals surface area contributed by atoms with E-state index in [1.807, 2.05) is 9.80 Å². The summed E-state index contributed by atoms with van der Waals surface area (Å²) in [5.74, 6) is 0.744. The first kappa shape index (κ1) is 13.6. The van der Waals surface area contributed by atoms with Gasteiger partial charge in [-0.1, -0.05) is 12.2 Å². The topological polar surface area (TPSA) is 60.9 Å². The Kier molecular flexibility index (Phi) is 3.78. The number of nitrogens with zero attached hydrogens (tertiary/aromatic N) is 2. The third kappa shape index (κ3) is 2.73. The minimum atomic E-state index is -0.789. The predicted octanol–water partition coefficient (Wildman–Crippen LogP) is 0.817.